The van der Waals surface area contributed by atoms with Gasteiger partial charge in [-0.05, 0) is 79.9 Å². The SMILES string of the molecule is NC(=O)C1CCN(Cc2ccc(NC(=O)CCN3C[C@H]4CC(OC(=O)Nc5ccccc5-c5ccccc5)C[C@H]4C3)cc2)CC1. The molecule has 45 heavy (non-hydrogen) atoms. The molecule has 3 atom stereocenters. The number of benzene rings is 3. The Morgan fingerprint density at radius 1 is 0.800 bits per heavy atom. The van der Waals surface area contributed by atoms with Crippen molar-refractivity contribution >= 4 is 29.3 Å². The molecular weight excluding hydrogens is 566 g/mol. The first-order chi connectivity index (χ1) is 21.9. The van der Waals surface area contributed by atoms with Crippen molar-refractivity contribution in [2.75, 3.05) is 43.4 Å². The van der Waals surface area contributed by atoms with E-state index in [1.54, 1.807) is 0 Å². The summed E-state index contributed by atoms with van der Waals surface area (Å²) in [5, 5.41) is 5.99. The standard InChI is InChI=1S/C36H43N5O4/c37-35(43)27-14-17-40(18-15-27)22-25-10-12-30(13-11-25)38-34(42)16-19-41-23-28-20-31(21-29(28)24-41)45-36(44)39-33-9-5-4-8-32(33)26-6-2-1-3-7-26/h1-13,27-29,31H,14-24H2,(H2,37,43)(H,38,42)(H,39,44)/t28-,29+,31?. The maximum Gasteiger partial charge on any atom is 0.411 e. The normalized spacial score (nSPS) is 22.1. The van der Waals surface area contributed by atoms with E-state index in [1.807, 2.05) is 66.7 Å². The molecule has 1 aliphatic carbocycles. The molecule has 1 saturated carbocycles. The number of amides is 3. The second-order valence-corrected chi connectivity index (χ2v) is 12.8. The van der Waals surface area contributed by atoms with Gasteiger partial charge in [-0.3, -0.25) is 19.8 Å². The summed E-state index contributed by atoms with van der Waals surface area (Å²) in [5.74, 6) is 0.789. The number of rotatable bonds is 10. The number of nitrogens with one attached hydrogen (secondary N) is 2. The number of anilines is 2. The van der Waals surface area contributed by atoms with E-state index in [9.17, 15) is 14.4 Å². The quantitative estimate of drug-likeness (QED) is 0.286. The Morgan fingerprint density at radius 2 is 1.47 bits per heavy atom. The van der Waals surface area contributed by atoms with Crippen LogP contribution < -0.4 is 16.4 Å². The average molecular weight is 610 g/mol. The monoisotopic (exact) mass is 609 g/mol. The fraction of sp³-hybridized carbons (Fsp3) is 0.417. The minimum absolute atomic E-state index is 0.00189. The predicted molar refractivity (Wildman–Crippen MR) is 175 cm³/mol. The molecule has 0 bridgehead atoms. The van der Waals surface area contributed by atoms with Crippen molar-refractivity contribution in [1.29, 1.82) is 0 Å². The zero-order valence-electron chi connectivity index (χ0n) is 25.7. The first kappa shape index (κ1) is 30.8. The molecule has 4 N–H and O–H groups in total. The van der Waals surface area contributed by atoms with Crippen molar-refractivity contribution in [3.05, 3.63) is 84.4 Å². The molecule has 2 saturated heterocycles. The van der Waals surface area contributed by atoms with Crippen molar-refractivity contribution in [2.45, 2.75) is 44.8 Å². The molecule has 3 amide bonds. The van der Waals surface area contributed by atoms with E-state index < -0.39 is 6.09 Å². The predicted octanol–water partition coefficient (Wildman–Crippen LogP) is 5.34. The average Bonchev–Trinajstić information content (AvgIpc) is 3.60. The van der Waals surface area contributed by atoms with Crippen molar-refractivity contribution in [3.63, 3.8) is 0 Å². The number of fused-ring (bicyclic) bond motifs is 1. The van der Waals surface area contributed by atoms with Gasteiger partial charge >= 0.3 is 6.09 Å². The zero-order chi connectivity index (χ0) is 31.2. The van der Waals surface area contributed by atoms with Gasteiger partial charge in [-0.2, -0.15) is 0 Å². The van der Waals surface area contributed by atoms with Crippen LogP contribution >= 0.6 is 0 Å². The number of carbonyl (C=O) groups is 3. The van der Waals surface area contributed by atoms with Gasteiger partial charge in [0.1, 0.15) is 6.10 Å². The number of piperidine rings is 1. The van der Waals surface area contributed by atoms with E-state index in [0.717, 1.165) is 87.5 Å². The summed E-state index contributed by atoms with van der Waals surface area (Å²) in [6, 6.07) is 25.8. The molecule has 2 heterocycles. The van der Waals surface area contributed by atoms with Crippen LogP contribution in [0.2, 0.25) is 0 Å². The van der Waals surface area contributed by atoms with Crippen molar-refractivity contribution in [2.24, 2.45) is 23.5 Å². The summed E-state index contributed by atoms with van der Waals surface area (Å²) < 4.78 is 5.85. The van der Waals surface area contributed by atoms with Gasteiger partial charge in [-0.1, -0.05) is 60.7 Å². The molecule has 9 heteroatoms. The molecule has 3 aliphatic rings. The highest BCUT2D eigenvalue weighted by atomic mass is 16.6. The molecule has 3 fully saturated rings. The third-order valence-corrected chi connectivity index (χ3v) is 9.59. The maximum absolute atomic E-state index is 12.8. The highest BCUT2D eigenvalue weighted by molar-refractivity contribution is 5.92. The molecule has 0 aromatic heterocycles. The lowest BCUT2D eigenvalue weighted by molar-refractivity contribution is -0.123. The van der Waals surface area contributed by atoms with Crippen LogP contribution in [0.5, 0.6) is 0 Å². The molecule has 3 aromatic rings. The Hall–Kier alpha value is -4.21. The number of ether oxygens (including phenoxy) is 1. The maximum atomic E-state index is 12.8. The Bertz CT molecular complexity index is 1460. The minimum Gasteiger partial charge on any atom is -0.446 e. The van der Waals surface area contributed by atoms with E-state index in [-0.39, 0.29) is 23.8 Å². The van der Waals surface area contributed by atoms with E-state index >= 15 is 0 Å². The van der Waals surface area contributed by atoms with Crippen molar-refractivity contribution in [1.82, 2.24) is 9.80 Å². The van der Waals surface area contributed by atoms with E-state index in [4.69, 9.17) is 10.5 Å². The Balaban J connectivity index is 0.891. The number of primary amides is 1. The lowest BCUT2D eigenvalue weighted by Crippen LogP contribution is -2.38. The first-order valence-electron chi connectivity index (χ1n) is 16.1. The molecule has 1 unspecified atom stereocenters. The molecule has 6 rings (SSSR count). The van der Waals surface area contributed by atoms with E-state index in [2.05, 4.69) is 32.6 Å². The number of hydrogen-bond donors (Lipinski definition) is 3. The summed E-state index contributed by atoms with van der Waals surface area (Å²) in [6.07, 6.45) is 3.30. The molecule has 0 radical (unpaired) electrons. The summed E-state index contributed by atoms with van der Waals surface area (Å²) in [4.78, 5) is 41.6. The third kappa shape index (κ3) is 8.09. The summed E-state index contributed by atoms with van der Waals surface area (Å²) in [7, 11) is 0. The first-order valence-corrected chi connectivity index (χ1v) is 16.1. The number of nitrogens with two attached hydrogens (primary N) is 1. The molecule has 3 aromatic carbocycles. The summed E-state index contributed by atoms with van der Waals surface area (Å²) in [5.41, 5.74) is 10.2. The van der Waals surface area contributed by atoms with Crippen LogP contribution in [0.1, 0.15) is 37.7 Å². The molecule has 9 nitrogen and oxygen atoms in total. The Morgan fingerprint density at radius 3 is 2.16 bits per heavy atom. The van der Waals surface area contributed by atoms with Gasteiger partial charge in [0, 0.05) is 49.8 Å². The molecule has 236 valence electrons. The Labute approximate surface area is 265 Å². The number of carbonyl (C=O) groups excluding carboxylic acids is 3. The van der Waals surface area contributed by atoms with Gasteiger partial charge in [0.05, 0.1) is 5.69 Å². The van der Waals surface area contributed by atoms with Gasteiger partial charge in [0.2, 0.25) is 11.8 Å². The van der Waals surface area contributed by atoms with Crippen molar-refractivity contribution < 1.29 is 19.1 Å². The third-order valence-electron chi connectivity index (χ3n) is 9.59. The zero-order valence-corrected chi connectivity index (χ0v) is 25.7. The number of para-hydroxylation sites is 1. The topological polar surface area (TPSA) is 117 Å². The fourth-order valence-electron chi connectivity index (χ4n) is 7.18. The van der Waals surface area contributed by atoms with E-state index in [0.29, 0.717) is 18.3 Å². The van der Waals surface area contributed by atoms with Crippen LogP contribution in [0.25, 0.3) is 11.1 Å². The van der Waals surface area contributed by atoms with Gasteiger partial charge < -0.3 is 20.7 Å². The molecule has 0 spiro atoms. The van der Waals surface area contributed by atoms with Crippen LogP contribution in [-0.2, 0) is 20.9 Å². The van der Waals surface area contributed by atoms with Gasteiger partial charge in [-0.25, -0.2) is 4.79 Å². The lowest BCUT2D eigenvalue weighted by Gasteiger charge is -2.30. The number of nitrogens with zero attached hydrogens (tertiary/aromatic N) is 2. The Kier molecular flexibility index (Phi) is 9.76. The van der Waals surface area contributed by atoms with Crippen LogP contribution in [-0.4, -0.2) is 66.5 Å². The second kappa shape index (κ2) is 14.3. The number of likely N-dealkylation sites (tertiary alicyclic amines) is 2. The van der Waals surface area contributed by atoms with Crippen LogP contribution in [0.4, 0.5) is 16.2 Å². The molecule has 2 aliphatic heterocycles. The van der Waals surface area contributed by atoms with Crippen LogP contribution in [0.15, 0.2) is 78.9 Å². The minimum atomic E-state index is -0.408. The van der Waals surface area contributed by atoms with Gasteiger partial charge in [-0.15, -0.1) is 0 Å². The van der Waals surface area contributed by atoms with Crippen LogP contribution in [0, 0.1) is 17.8 Å². The number of hydrogen-bond acceptors (Lipinski definition) is 6. The summed E-state index contributed by atoms with van der Waals surface area (Å²) in [6.45, 7) is 5.16. The van der Waals surface area contributed by atoms with Gasteiger partial charge in [0.15, 0.2) is 0 Å². The van der Waals surface area contributed by atoms with Crippen molar-refractivity contribution in [3.8, 4) is 11.1 Å². The molecular formula is C36H43N5O4. The van der Waals surface area contributed by atoms with Crippen LogP contribution in [0.3, 0.4) is 0 Å². The fourth-order valence-corrected chi connectivity index (χ4v) is 7.18. The summed E-state index contributed by atoms with van der Waals surface area (Å²) >= 11 is 0. The van der Waals surface area contributed by atoms with E-state index in [1.165, 1.54) is 5.56 Å². The highest BCUT2D eigenvalue weighted by Crippen LogP contribution is 2.39. The largest absolute Gasteiger partial charge is 0.446 e. The lowest BCUT2D eigenvalue weighted by atomic mass is 9.96. The second-order valence-electron chi connectivity index (χ2n) is 12.8. The smallest absolute Gasteiger partial charge is 0.411 e. The van der Waals surface area contributed by atoms with Gasteiger partial charge in [0.25, 0.3) is 0 Å². The highest BCUT2D eigenvalue weighted by Gasteiger charge is 2.42.